The van der Waals surface area contributed by atoms with E-state index in [1.54, 1.807) is 4.80 Å². The van der Waals surface area contributed by atoms with Crippen LogP contribution in [0.4, 0.5) is 0 Å². The molecule has 0 saturated carbocycles. The predicted octanol–water partition coefficient (Wildman–Crippen LogP) is 4.05. The van der Waals surface area contributed by atoms with E-state index in [2.05, 4.69) is 64.2 Å². The second kappa shape index (κ2) is 4.78. The van der Waals surface area contributed by atoms with Gasteiger partial charge in [-0.25, -0.2) is 0 Å². The summed E-state index contributed by atoms with van der Waals surface area (Å²) in [5.41, 5.74) is 5.29. The third-order valence-electron chi connectivity index (χ3n) is 3.24. The summed E-state index contributed by atoms with van der Waals surface area (Å²) in [4.78, 5) is 1.69. The zero-order chi connectivity index (χ0) is 13.4. The summed E-state index contributed by atoms with van der Waals surface area (Å²) in [5, 5.41) is 9.04. The third kappa shape index (κ3) is 2.28. The van der Waals surface area contributed by atoms with Crippen LogP contribution < -0.4 is 0 Å². The second-order valence-corrected chi connectivity index (χ2v) is 5.45. The molecule has 3 nitrogen and oxygen atoms in total. The van der Waals surface area contributed by atoms with Crippen LogP contribution in [0, 0.1) is 6.92 Å². The highest BCUT2D eigenvalue weighted by Crippen LogP contribution is 2.22. The van der Waals surface area contributed by atoms with Crippen molar-refractivity contribution in [1.29, 1.82) is 0 Å². The Balaban J connectivity index is 2.09. The lowest BCUT2D eigenvalue weighted by atomic mass is 10.2. The van der Waals surface area contributed by atoms with Crippen LogP contribution in [0.15, 0.2) is 40.9 Å². The highest BCUT2D eigenvalue weighted by atomic mass is 79.9. The number of aryl methyl sites for hydroxylation is 2. The van der Waals surface area contributed by atoms with Crippen molar-refractivity contribution in [2.75, 3.05) is 0 Å². The molecule has 0 aliphatic carbocycles. The van der Waals surface area contributed by atoms with Crippen LogP contribution in [0.3, 0.4) is 0 Å². The Morgan fingerprint density at radius 1 is 1.05 bits per heavy atom. The second-order valence-electron chi connectivity index (χ2n) is 4.60. The van der Waals surface area contributed by atoms with Gasteiger partial charge in [0.15, 0.2) is 0 Å². The third-order valence-corrected chi connectivity index (χ3v) is 4.09. The van der Waals surface area contributed by atoms with E-state index in [0.29, 0.717) is 0 Å². The van der Waals surface area contributed by atoms with Crippen molar-refractivity contribution in [3.05, 3.63) is 52.0 Å². The topological polar surface area (TPSA) is 30.7 Å². The number of fused-ring (bicyclic) bond motifs is 1. The summed E-state index contributed by atoms with van der Waals surface area (Å²) in [6, 6.07) is 12.4. The van der Waals surface area contributed by atoms with Gasteiger partial charge in [0.25, 0.3) is 0 Å². The number of aromatic nitrogens is 3. The molecule has 0 atom stereocenters. The van der Waals surface area contributed by atoms with E-state index in [0.717, 1.165) is 27.6 Å². The molecule has 0 fully saturated rings. The van der Waals surface area contributed by atoms with Crippen molar-refractivity contribution in [2.45, 2.75) is 20.3 Å². The summed E-state index contributed by atoms with van der Waals surface area (Å²) in [7, 11) is 0. The average molecular weight is 316 g/mol. The largest absolute Gasteiger partial charge is 0.150 e. The highest BCUT2D eigenvalue weighted by Gasteiger charge is 2.07. The van der Waals surface area contributed by atoms with Crippen LogP contribution in [0.5, 0.6) is 0 Å². The molecule has 0 unspecified atom stereocenters. The quantitative estimate of drug-likeness (QED) is 0.714. The van der Waals surface area contributed by atoms with Crippen molar-refractivity contribution < 1.29 is 0 Å². The molecular formula is C15H14BrN3. The molecule has 0 bridgehead atoms. The first-order valence-electron chi connectivity index (χ1n) is 6.30. The van der Waals surface area contributed by atoms with Crippen LogP contribution in [0.1, 0.15) is 18.1 Å². The smallest absolute Gasteiger partial charge is 0.114 e. The molecule has 0 saturated heterocycles. The van der Waals surface area contributed by atoms with Crippen molar-refractivity contribution in [3.8, 4) is 5.69 Å². The van der Waals surface area contributed by atoms with E-state index in [4.69, 9.17) is 0 Å². The van der Waals surface area contributed by atoms with Gasteiger partial charge in [0.2, 0.25) is 0 Å². The van der Waals surface area contributed by atoms with Crippen LogP contribution in [0.2, 0.25) is 0 Å². The minimum absolute atomic E-state index is 0.900. The summed E-state index contributed by atoms with van der Waals surface area (Å²) < 4.78 is 1.06. The first kappa shape index (κ1) is 12.4. The monoisotopic (exact) mass is 315 g/mol. The van der Waals surface area contributed by atoms with Crippen molar-refractivity contribution in [1.82, 2.24) is 15.0 Å². The molecule has 1 heterocycles. The maximum absolute atomic E-state index is 4.53. The fourth-order valence-electron chi connectivity index (χ4n) is 2.02. The van der Waals surface area contributed by atoms with Crippen LogP contribution in [0.25, 0.3) is 16.7 Å². The van der Waals surface area contributed by atoms with Gasteiger partial charge in [-0.15, -0.1) is 10.2 Å². The van der Waals surface area contributed by atoms with Crippen molar-refractivity contribution in [2.24, 2.45) is 0 Å². The fraction of sp³-hybridized carbons (Fsp3) is 0.200. The lowest BCUT2D eigenvalue weighted by Crippen LogP contribution is -1.98. The minimum Gasteiger partial charge on any atom is -0.150 e. The minimum atomic E-state index is 0.900. The normalized spacial score (nSPS) is 11.1. The Morgan fingerprint density at radius 2 is 1.68 bits per heavy atom. The molecule has 0 radical (unpaired) electrons. The van der Waals surface area contributed by atoms with Crippen molar-refractivity contribution >= 4 is 27.0 Å². The van der Waals surface area contributed by atoms with Gasteiger partial charge >= 0.3 is 0 Å². The average Bonchev–Trinajstić information content (AvgIpc) is 2.82. The number of rotatable bonds is 2. The van der Waals surface area contributed by atoms with E-state index in [9.17, 15) is 0 Å². The number of nitrogens with zero attached hydrogens (tertiary/aromatic N) is 3. The number of hydrogen-bond acceptors (Lipinski definition) is 2. The molecule has 1 aromatic heterocycles. The molecule has 4 heteroatoms. The Bertz CT molecular complexity index is 690. The van der Waals surface area contributed by atoms with Gasteiger partial charge in [0.1, 0.15) is 11.0 Å². The van der Waals surface area contributed by atoms with Gasteiger partial charge in [-0.2, -0.15) is 4.80 Å². The number of benzene rings is 2. The van der Waals surface area contributed by atoms with E-state index in [1.807, 2.05) is 12.1 Å². The zero-order valence-corrected chi connectivity index (χ0v) is 12.5. The molecule has 96 valence electrons. The van der Waals surface area contributed by atoms with Gasteiger partial charge in [0.05, 0.1) is 5.69 Å². The van der Waals surface area contributed by atoms with Gasteiger partial charge in [-0.05, 0) is 48.7 Å². The molecule has 2 aromatic carbocycles. The molecule has 0 spiro atoms. The maximum Gasteiger partial charge on any atom is 0.114 e. The summed E-state index contributed by atoms with van der Waals surface area (Å²) in [5.74, 6) is 0. The van der Waals surface area contributed by atoms with Gasteiger partial charge in [-0.1, -0.05) is 35.0 Å². The molecule has 19 heavy (non-hydrogen) atoms. The number of halogens is 1. The Labute approximate surface area is 120 Å². The van der Waals surface area contributed by atoms with Crippen molar-refractivity contribution in [3.63, 3.8) is 0 Å². The SMILES string of the molecule is CCc1ccc(-n2nc3cc(C)c(Br)cc3n2)cc1. The van der Waals surface area contributed by atoms with Crippen LogP contribution in [-0.4, -0.2) is 15.0 Å². The van der Waals surface area contributed by atoms with E-state index in [-0.39, 0.29) is 0 Å². The summed E-state index contributed by atoms with van der Waals surface area (Å²) >= 11 is 3.52. The fourth-order valence-corrected chi connectivity index (χ4v) is 2.35. The molecular weight excluding hydrogens is 302 g/mol. The molecule has 0 amide bonds. The molecule has 0 aliphatic heterocycles. The number of hydrogen-bond donors (Lipinski definition) is 0. The molecule has 0 aliphatic rings. The van der Waals surface area contributed by atoms with Crippen LogP contribution >= 0.6 is 15.9 Å². The molecule has 3 rings (SSSR count). The lowest BCUT2D eigenvalue weighted by molar-refractivity contribution is 0.765. The van der Waals surface area contributed by atoms with E-state index < -0.39 is 0 Å². The Kier molecular flexibility index (Phi) is 3.11. The van der Waals surface area contributed by atoms with Gasteiger partial charge in [0, 0.05) is 4.47 Å². The first-order valence-corrected chi connectivity index (χ1v) is 7.09. The summed E-state index contributed by atoms with van der Waals surface area (Å²) in [6.45, 7) is 4.20. The highest BCUT2D eigenvalue weighted by molar-refractivity contribution is 9.10. The standard InChI is InChI=1S/C15H14BrN3/c1-3-11-4-6-12(7-5-11)19-17-14-8-10(2)13(16)9-15(14)18-19/h4-9H,3H2,1-2H3. The first-order chi connectivity index (χ1) is 9.17. The maximum atomic E-state index is 4.53. The molecule has 0 N–H and O–H groups in total. The predicted molar refractivity (Wildman–Crippen MR) is 80.7 cm³/mol. The van der Waals surface area contributed by atoms with Gasteiger partial charge < -0.3 is 0 Å². The Hall–Kier alpha value is -1.68. The summed E-state index contributed by atoms with van der Waals surface area (Å²) in [6.07, 6.45) is 1.04. The Morgan fingerprint density at radius 3 is 2.32 bits per heavy atom. The zero-order valence-electron chi connectivity index (χ0n) is 10.9. The van der Waals surface area contributed by atoms with E-state index >= 15 is 0 Å². The lowest BCUT2D eigenvalue weighted by Gasteiger charge is -2.00. The molecule has 3 aromatic rings. The van der Waals surface area contributed by atoms with E-state index in [1.165, 1.54) is 11.1 Å². The van der Waals surface area contributed by atoms with Gasteiger partial charge in [-0.3, -0.25) is 0 Å². The van der Waals surface area contributed by atoms with Crippen LogP contribution in [-0.2, 0) is 6.42 Å².